The number of carbonyl (C=O) groups is 1. The van der Waals surface area contributed by atoms with Gasteiger partial charge in [-0.25, -0.2) is 9.67 Å². The Labute approximate surface area is 149 Å². The van der Waals surface area contributed by atoms with Gasteiger partial charge in [-0.3, -0.25) is 9.59 Å². The van der Waals surface area contributed by atoms with Crippen molar-refractivity contribution in [1.82, 2.24) is 29.9 Å². The Balaban J connectivity index is 1.61. The monoisotopic (exact) mass is 352 g/mol. The number of nitrogens with zero attached hydrogens (tertiary/aromatic N) is 5. The van der Waals surface area contributed by atoms with Crippen molar-refractivity contribution in [2.45, 2.75) is 39.3 Å². The fourth-order valence-electron chi connectivity index (χ4n) is 3.45. The second kappa shape index (κ2) is 6.36. The largest absolute Gasteiger partial charge is 0.334 e. The smallest absolute Gasteiger partial charge is 0.281 e. The van der Waals surface area contributed by atoms with Gasteiger partial charge in [-0.05, 0) is 38.8 Å². The molecule has 8 heteroatoms. The Morgan fingerprint density at radius 2 is 2.04 bits per heavy atom. The normalized spacial score (nSPS) is 17.2. The van der Waals surface area contributed by atoms with E-state index < -0.39 is 0 Å². The summed E-state index contributed by atoms with van der Waals surface area (Å²) in [6, 6.07) is 7.63. The highest BCUT2D eigenvalue weighted by atomic mass is 16.2. The van der Waals surface area contributed by atoms with Gasteiger partial charge < -0.3 is 9.88 Å². The minimum atomic E-state index is -0.294. The average molecular weight is 352 g/mol. The van der Waals surface area contributed by atoms with Crippen LogP contribution in [0.1, 0.15) is 34.6 Å². The molecule has 0 saturated carbocycles. The first-order chi connectivity index (χ1) is 12.5. The summed E-state index contributed by atoms with van der Waals surface area (Å²) < 4.78 is 1.63. The third kappa shape index (κ3) is 2.87. The van der Waals surface area contributed by atoms with Gasteiger partial charge in [0.15, 0.2) is 11.2 Å². The summed E-state index contributed by atoms with van der Waals surface area (Å²) in [4.78, 5) is 33.7. The lowest BCUT2D eigenvalue weighted by molar-refractivity contribution is 0.0722. The molecule has 1 aromatic carbocycles. The lowest BCUT2D eigenvalue weighted by Gasteiger charge is -2.24. The minimum absolute atomic E-state index is 0.00935. The van der Waals surface area contributed by atoms with E-state index in [0.29, 0.717) is 23.6 Å². The molecule has 3 aromatic rings. The van der Waals surface area contributed by atoms with Crippen LogP contribution in [0.25, 0.3) is 11.2 Å². The van der Waals surface area contributed by atoms with Crippen molar-refractivity contribution in [3.05, 3.63) is 51.6 Å². The van der Waals surface area contributed by atoms with Gasteiger partial charge in [-0.1, -0.05) is 22.9 Å². The molecular formula is C18H20N6O2. The number of nitrogens with one attached hydrogen (secondary N) is 1. The van der Waals surface area contributed by atoms with Crippen LogP contribution in [0.15, 0.2) is 29.1 Å². The van der Waals surface area contributed by atoms with Crippen molar-refractivity contribution in [2.24, 2.45) is 0 Å². The zero-order valence-electron chi connectivity index (χ0n) is 14.8. The van der Waals surface area contributed by atoms with E-state index in [1.54, 1.807) is 11.6 Å². The maximum Gasteiger partial charge on any atom is 0.281 e. The molecule has 4 rings (SSSR count). The van der Waals surface area contributed by atoms with Crippen molar-refractivity contribution in [3.8, 4) is 0 Å². The maximum atomic E-state index is 12.9. The highest BCUT2D eigenvalue weighted by molar-refractivity contribution is 5.94. The van der Waals surface area contributed by atoms with Crippen LogP contribution in [0, 0.1) is 13.8 Å². The number of carbonyl (C=O) groups excluding carboxylic acids is 1. The van der Waals surface area contributed by atoms with Crippen LogP contribution >= 0.6 is 0 Å². The Hall–Kier alpha value is -3.03. The van der Waals surface area contributed by atoms with Crippen molar-refractivity contribution < 1.29 is 4.79 Å². The third-order valence-corrected chi connectivity index (χ3v) is 4.81. The van der Waals surface area contributed by atoms with Gasteiger partial charge in [0.25, 0.3) is 11.5 Å². The summed E-state index contributed by atoms with van der Waals surface area (Å²) in [6.07, 6.45) is 1.84. The maximum absolute atomic E-state index is 12.9. The van der Waals surface area contributed by atoms with Gasteiger partial charge >= 0.3 is 0 Å². The number of amides is 1. The van der Waals surface area contributed by atoms with E-state index in [2.05, 4.69) is 20.3 Å². The first kappa shape index (κ1) is 16.4. The van der Waals surface area contributed by atoms with Crippen LogP contribution in [-0.2, 0) is 6.54 Å². The number of benzene rings is 1. The number of likely N-dealkylation sites (tertiary alicyclic amines) is 1. The van der Waals surface area contributed by atoms with E-state index in [1.165, 1.54) is 0 Å². The molecule has 1 saturated heterocycles. The predicted molar refractivity (Wildman–Crippen MR) is 95.9 cm³/mol. The zero-order chi connectivity index (χ0) is 18.3. The molecule has 1 aliphatic heterocycles. The number of fused-ring (bicyclic) bond motifs is 1. The third-order valence-electron chi connectivity index (χ3n) is 4.81. The molecule has 1 N–H and O–H groups in total. The van der Waals surface area contributed by atoms with Crippen LogP contribution in [0.3, 0.4) is 0 Å². The molecule has 1 amide bonds. The van der Waals surface area contributed by atoms with E-state index in [4.69, 9.17) is 0 Å². The van der Waals surface area contributed by atoms with Crippen LogP contribution in [0.2, 0.25) is 0 Å². The molecule has 1 fully saturated rings. The molecule has 1 atom stereocenters. The Kier molecular flexibility index (Phi) is 4.02. The fourth-order valence-corrected chi connectivity index (χ4v) is 3.45. The summed E-state index contributed by atoms with van der Waals surface area (Å²) in [7, 11) is 0. The average Bonchev–Trinajstić information content (AvgIpc) is 3.23. The van der Waals surface area contributed by atoms with Gasteiger partial charge in [0, 0.05) is 12.1 Å². The van der Waals surface area contributed by atoms with Crippen molar-refractivity contribution in [3.63, 3.8) is 0 Å². The number of hydrogen-bond donors (Lipinski definition) is 1. The van der Waals surface area contributed by atoms with E-state index in [1.807, 2.05) is 36.1 Å². The van der Waals surface area contributed by atoms with Gasteiger partial charge in [-0.2, -0.15) is 0 Å². The molecule has 1 aliphatic rings. The summed E-state index contributed by atoms with van der Waals surface area (Å²) >= 11 is 0. The molecule has 8 nitrogen and oxygen atoms in total. The highest BCUT2D eigenvalue weighted by Gasteiger charge is 2.30. The van der Waals surface area contributed by atoms with E-state index in [9.17, 15) is 9.59 Å². The highest BCUT2D eigenvalue weighted by Crippen LogP contribution is 2.22. The molecular weight excluding hydrogens is 332 g/mol. The van der Waals surface area contributed by atoms with Crippen molar-refractivity contribution in [2.75, 3.05) is 6.54 Å². The number of aromatic amines is 1. The van der Waals surface area contributed by atoms with Crippen LogP contribution in [-0.4, -0.2) is 48.4 Å². The van der Waals surface area contributed by atoms with Crippen molar-refractivity contribution >= 4 is 17.1 Å². The van der Waals surface area contributed by atoms with Crippen LogP contribution < -0.4 is 5.56 Å². The topological polar surface area (TPSA) is 96.8 Å². The van der Waals surface area contributed by atoms with Gasteiger partial charge in [0.2, 0.25) is 0 Å². The minimum Gasteiger partial charge on any atom is -0.334 e. The summed E-state index contributed by atoms with van der Waals surface area (Å²) in [5.74, 6) is 0.545. The lowest BCUT2D eigenvalue weighted by Crippen LogP contribution is -2.38. The molecule has 134 valence electrons. The first-order valence-electron chi connectivity index (χ1n) is 8.70. The number of H-pyrrole nitrogens is 1. The second-order valence-electron chi connectivity index (χ2n) is 6.76. The molecule has 0 radical (unpaired) electrons. The Morgan fingerprint density at radius 1 is 1.27 bits per heavy atom. The predicted octanol–water partition coefficient (Wildman–Crippen LogP) is 1.44. The van der Waals surface area contributed by atoms with Crippen LogP contribution in [0.4, 0.5) is 0 Å². The summed E-state index contributed by atoms with van der Waals surface area (Å²) in [6.45, 7) is 4.92. The number of rotatable bonds is 3. The quantitative estimate of drug-likeness (QED) is 0.769. The SMILES string of the molecule is Cc1ccc(C(=O)N2CCC[C@@H]2Cn2nnc3c(=O)[nH]c(C)nc32)cc1. The van der Waals surface area contributed by atoms with Gasteiger partial charge in [0.05, 0.1) is 12.6 Å². The van der Waals surface area contributed by atoms with E-state index in [-0.39, 0.29) is 23.0 Å². The Bertz CT molecular complexity index is 1020. The molecule has 0 bridgehead atoms. The van der Waals surface area contributed by atoms with Crippen molar-refractivity contribution in [1.29, 1.82) is 0 Å². The molecule has 0 spiro atoms. The van der Waals surface area contributed by atoms with E-state index >= 15 is 0 Å². The second-order valence-corrected chi connectivity index (χ2v) is 6.76. The van der Waals surface area contributed by atoms with E-state index in [0.717, 1.165) is 24.9 Å². The lowest BCUT2D eigenvalue weighted by atomic mass is 10.1. The number of aromatic nitrogens is 5. The molecule has 0 aliphatic carbocycles. The zero-order valence-corrected chi connectivity index (χ0v) is 14.8. The van der Waals surface area contributed by atoms with Crippen LogP contribution in [0.5, 0.6) is 0 Å². The molecule has 2 aromatic heterocycles. The molecule has 26 heavy (non-hydrogen) atoms. The molecule has 3 heterocycles. The van der Waals surface area contributed by atoms with Gasteiger partial charge in [0.1, 0.15) is 5.82 Å². The fraction of sp³-hybridized carbons (Fsp3) is 0.389. The van der Waals surface area contributed by atoms with Gasteiger partial charge in [-0.15, -0.1) is 5.10 Å². The standard InChI is InChI=1S/C18H20N6O2/c1-11-5-7-13(8-6-11)18(26)23-9-3-4-14(23)10-24-16-15(21-22-24)17(25)20-12(2)19-16/h5-8,14H,3-4,9-10H2,1-2H3,(H,19,20,25)/t14-/m1/s1. The molecule has 0 unspecified atom stereocenters. The first-order valence-corrected chi connectivity index (χ1v) is 8.70. The number of hydrogen-bond acceptors (Lipinski definition) is 5. The Morgan fingerprint density at radius 3 is 2.81 bits per heavy atom. The number of aryl methyl sites for hydroxylation is 2. The summed E-state index contributed by atoms with van der Waals surface area (Å²) in [5, 5.41) is 8.03. The summed E-state index contributed by atoms with van der Waals surface area (Å²) in [5.41, 5.74) is 2.21.